The lowest BCUT2D eigenvalue weighted by Crippen LogP contribution is -2.47. The molecule has 1 aliphatic heterocycles. The van der Waals surface area contributed by atoms with Crippen LogP contribution in [0.15, 0.2) is 0 Å². The average Bonchev–Trinajstić information content (AvgIpc) is 2.71. The van der Waals surface area contributed by atoms with Crippen molar-refractivity contribution in [3.63, 3.8) is 0 Å². The van der Waals surface area contributed by atoms with Crippen LogP contribution >= 0.6 is 0 Å². The summed E-state index contributed by atoms with van der Waals surface area (Å²) in [5.41, 5.74) is 0. The van der Waals surface area contributed by atoms with Gasteiger partial charge in [-0.15, -0.1) is 0 Å². The van der Waals surface area contributed by atoms with Crippen molar-refractivity contribution in [2.45, 2.75) is 25.5 Å². The van der Waals surface area contributed by atoms with Gasteiger partial charge in [-0.25, -0.2) is 9.59 Å². The zero-order valence-corrected chi connectivity index (χ0v) is 11.0. The van der Waals surface area contributed by atoms with Crippen molar-refractivity contribution in [2.24, 2.45) is 0 Å². The maximum absolute atomic E-state index is 11.7. The number of β-amino-alcohol motifs (C(OH)–C–C–N with tert-alkyl or cyclic N) is 1. The molecular weight excluding hydrogens is 260 g/mol. The lowest BCUT2D eigenvalue weighted by atomic mass is 10.2. The number of carbonyl (C=O) groups excluding carboxylic acids is 1. The van der Waals surface area contributed by atoms with Gasteiger partial charge < -0.3 is 20.4 Å². The van der Waals surface area contributed by atoms with Crippen LogP contribution in [0.2, 0.25) is 0 Å². The third-order valence-electron chi connectivity index (χ3n) is 2.75. The number of carboxylic acid groups (broad SMARTS) is 1. The van der Waals surface area contributed by atoms with Crippen LogP contribution in [0.3, 0.4) is 0 Å². The Balaban J connectivity index is 2.45. The molecule has 1 saturated heterocycles. The number of hydrogen-bond donors (Lipinski definition) is 3. The standard InChI is InChI=1S/C10H18N2O5S/c1-2-18(17)4-3-11-10(16)12-6-7(13)5-8(12)9(14)15/h7-8,13H,2-6H2,1H3,(H,11,16)(H,14,15). The van der Waals surface area contributed by atoms with E-state index in [4.69, 9.17) is 5.11 Å². The van der Waals surface area contributed by atoms with E-state index in [0.29, 0.717) is 11.5 Å². The largest absolute Gasteiger partial charge is 0.480 e. The van der Waals surface area contributed by atoms with Crippen molar-refractivity contribution < 1.29 is 24.0 Å². The molecule has 0 spiro atoms. The molecule has 8 heteroatoms. The topological polar surface area (TPSA) is 107 Å². The van der Waals surface area contributed by atoms with Crippen LogP contribution in [0, 0.1) is 0 Å². The molecule has 3 unspecified atom stereocenters. The number of hydrogen-bond acceptors (Lipinski definition) is 4. The van der Waals surface area contributed by atoms with E-state index in [-0.39, 0.29) is 19.5 Å². The number of amides is 2. The first-order valence-electron chi connectivity index (χ1n) is 5.76. The van der Waals surface area contributed by atoms with Gasteiger partial charge in [-0.05, 0) is 0 Å². The summed E-state index contributed by atoms with van der Waals surface area (Å²) in [7, 11) is -0.968. The molecule has 7 nitrogen and oxygen atoms in total. The minimum Gasteiger partial charge on any atom is -0.480 e. The first kappa shape index (κ1) is 14.9. The maximum atomic E-state index is 11.7. The minimum atomic E-state index is -1.13. The Hall–Kier alpha value is -1.15. The summed E-state index contributed by atoms with van der Waals surface area (Å²) in [6.45, 7) is 2.03. The van der Waals surface area contributed by atoms with E-state index >= 15 is 0 Å². The number of urea groups is 1. The van der Waals surface area contributed by atoms with Crippen LogP contribution in [0.1, 0.15) is 13.3 Å². The fourth-order valence-electron chi connectivity index (χ4n) is 1.79. The van der Waals surface area contributed by atoms with Crippen LogP contribution in [0.4, 0.5) is 4.79 Å². The summed E-state index contributed by atoms with van der Waals surface area (Å²) in [6, 6.07) is -1.52. The van der Waals surface area contributed by atoms with E-state index in [9.17, 15) is 18.9 Å². The number of carboxylic acids is 1. The highest BCUT2D eigenvalue weighted by molar-refractivity contribution is 7.84. The molecule has 0 aromatic rings. The predicted molar refractivity (Wildman–Crippen MR) is 65.7 cm³/mol. The summed E-state index contributed by atoms with van der Waals surface area (Å²) in [4.78, 5) is 23.7. The molecule has 0 saturated carbocycles. The Morgan fingerprint density at radius 1 is 1.50 bits per heavy atom. The Morgan fingerprint density at radius 2 is 2.17 bits per heavy atom. The van der Waals surface area contributed by atoms with Gasteiger partial charge in [0.15, 0.2) is 0 Å². The SMILES string of the molecule is CCS(=O)CCNC(=O)N1CC(O)CC1C(=O)O. The molecule has 0 aliphatic carbocycles. The van der Waals surface area contributed by atoms with Crippen molar-refractivity contribution in [2.75, 3.05) is 24.6 Å². The van der Waals surface area contributed by atoms with E-state index in [2.05, 4.69) is 5.32 Å². The molecule has 1 fully saturated rings. The van der Waals surface area contributed by atoms with E-state index in [1.165, 1.54) is 0 Å². The molecule has 18 heavy (non-hydrogen) atoms. The van der Waals surface area contributed by atoms with Gasteiger partial charge in [0.05, 0.1) is 6.10 Å². The number of aliphatic hydroxyl groups excluding tert-OH is 1. The van der Waals surface area contributed by atoms with E-state index < -0.39 is 34.9 Å². The molecule has 2 amide bonds. The molecule has 3 N–H and O–H groups in total. The fourth-order valence-corrected chi connectivity index (χ4v) is 2.41. The Kier molecular flexibility index (Phi) is 5.54. The van der Waals surface area contributed by atoms with Gasteiger partial charge in [0.25, 0.3) is 0 Å². The zero-order chi connectivity index (χ0) is 13.7. The number of aliphatic carboxylic acids is 1. The van der Waals surface area contributed by atoms with Crippen molar-refractivity contribution in [1.82, 2.24) is 10.2 Å². The summed E-state index contributed by atoms with van der Waals surface area (Å²) < 4.78 is 11.2. The second kappa shape index (κ2) is 6.69. The number of carbonyl (C=O) groups is 2. The third-order valence-corrected chi connectivity index (χ3v) is 4.06. The van der Waals surface area contributed by atoms with Crippen molar-refractivity contribution >= 4 is 22.8 Å². The first-order valence-corrected chi connectivity index (χ1v) is 7.24. The number of nitrogens with one attached hydrogen (secondary N) is 1. The van der Waals surface area contributed by atoms with Gasteiger partial charge in [-0.1, -0.05) is 6.92 Å². The van der Waals surface area contributed by atoms with E-state index in [1.54, 1.807) is 6.92 Å². The Labute approximate surface area is 108 Å². The van der Waals surface area contributed by atoms with Crippen LogP contribution in [-0.2, 0) is 15.6 Å². The quantitative estimate of drug-likeness (QED) is 0.597. The normalized spacial score (nSPS) is 24.9. The number of likely N-dealkylation sites (tertiary alicyclic amines) is 1. The number of aliphatic hydroxyl groups is 1. The Bertz CT molecular complexity index is 349. The van der Waals surface area contributed by atoms with E-state index in [0.717, 1.165) is 4.90 Å². The highest BCUT2D eigenvalue weighted by atomic mass is 32.2. The number of rotatable bonds is 5. The van der Waals surface area contributed by atoms with Crippen molar-refractivity contribution in [3.8, 4) is 0 Å². The molecule has 1 rings (SSSR count). The Morgan fingerprint density at radius 3 is 2.72 bits per heavy atom. The van der Waals surface area contributed by atoms with Gasteiger partial charge in [-0.2, -0.15) is 0 Å². The lowest BCUT2D eigenvalue weighted by Gasteiger charge is -2.21. The zero-order valence-electron chi connectivity index (χ0n) is 10.2. The summed E-state index contributed by atoms with van der Waals surface area (Å²) in [6.07, 6.45) is -0.759. The molecular formula is C10H18N2O5S. The summed E-state index contributed by atoms with van der Waals surface area (Å²) >= 11 is 0. The molecule has 0 aromatic carbocycles. The fraction of sp³-hybridized carbons (Fsp3) is 0.800. The maximum Gasteiger partial charge on any atom is 0.326 e. The minimum absolute atomic E-state index is 0.0136. The lowest BCUT2D eigenvalue weighted by molar-refractivity contribution is -0.141. The smallest absolute Gasteiger partial charge is 0.326 e. The van der Waals surface area contributed by atoms with Crippen LogP contribution in [0.5, 0.6) is 0 Å². The second-order valence-electron chi connectivity index (χ2n) is 4.06. The van der Waals surface area contributed by atoms with Crippen LogP contribution in [0.25, 0.3) is 0 Å². The monoisotopic (exact) mass is 278 g/mol. The third kappa shape index (κ3) is 3.95. The highest BCUT2D eigenvalue weighted by Gasteiger charge is 2.38. The first-order chi connectivity index (χ1) is 8.45. The molecule has 1 aliphatic rings. The van der Waals surface area contributed by atoms with Crippen LogP contribution < -0.4 is 5.32 Å². The van der Waals surface area contributed by atoms with Gasteiger partial charge in [0, 0.05) is 41.8 Å². The highest BCUT2D eigenvalue weighted by Crippen LogP contribution is 2.17. The predicted octanol–water partition coefficient (Wildman–Crippen LogP) is -1.02. The second-order valence-corrected chi connectivity index (χ2v) is 5.93. The summed E-state index contributed by atoms with van der Waals surface area (Å²) in [5.74, 6) is -0.259. The average molecular weight is 278 g/mol. The molecule has 104 valence electrons. The molecule has 1 heterocycles. The molecule has 0 aromatic heterocycles. The van der Waals surface area contributed by atoms with Crippen LogP contribution in [-0.4, -0.2) is 68.1 Å². The molecule has 0 radical (unpaired) electrons. The van der Waals surface area contributed by atoms with Crippen molar-refractivity contribution in [1.29, 1.82) is 0 Å². The summed E-state index contributed by atoms with van der Waals surface area (Å²) in [5, 5.41) is 20.8. The van der Waals surface area contributed by atoms with Gasteiger partial charge >= 0.3 is 12.0 Å². The van der Waals surface area contributed by atoms with Crippen molar-refractivity contribution in [3.05, 3.63) is 0 Å². The number of nitrogens with zero attached hydrogens (tertiary/aromatic N) is 1. The van der Waals surface area contributed by atoms with Gasteiger partial charge in [-0.3, -0.25) is 4.21 Å². The molecule has 0 bridgehead atoms. The molecule has 3 atom stereocenters. The van der Waals surface area contributed by atoms with Gasteiger partial charge in [0.1, 0.15) is 6.04 Å². The van der Waals surface area contributed by atoms with E-state index in [1.807, 2.05) is 0 Å². The van der Waals surface area contributed by atoms with Gasteiger partial charge in [0.2, 0.25) is 0 Å².